The third-order valence-electron chi connectivity index (χ3n) is 5.01. The highest BCUT2D eigenvalue weighted by Gasteiger charge is 2.27. The Balaban J connectivity index is 1.53. The zero-order valence-electron chi connectivity index (χ0n) is 15.5. The Hall–Kier alpha value is -2.82. The van der Waals surface area contributed by atoms with Gasteiger partial charge in [0, 0.05) is 19.5 Å². The van der Waals surface area contributed by atoms with E-state index in [1.165, 1.54) is 0 Å². The number of hydrogen-bond donors (Lipinski definition) is 1. The van der Waals surface area contributed by atoms with E-state index in [1.54, 1.807) is 11.8 Å². The van der Waals surface area contributed by atoms with Gasteiger partial charge in [-0.25, -0.2) is 0 Å². The SMILES string of the molecule is CC(Oc1ccc(-c2ccccc2)cc1)C(=O)N1CCC(CC(=O)O)CC1. The number of ether oxygens (including phenoxy) is 1. The molecule has 0 saturated carbocycles. The molecule has 5 heteroatoms. The molecule has 1 heterocycles. The van der Waals surface area contributed by atoms with Crippen molar-refractivity contribution in [2.45, 2.75) is 32.3 Å². The van der Waals surface area contributed by atoms with Crippen molar-refractivity contribution in [2.24, 2.45) is 5.92 Å². The minimum Gasteiger partial charge on any atom is -0.481 e. The average molecular weight is 367 g/mol. The highest BCUT2D eigenvalue weighted by molar-refractivity contribution is 5.81. The number of piperidine rings is 1. The zero-order chi connectivity index (χ0) is 19.2. The first-order valence-electron chi connectivity index (χ1n) is 9.35. The van der Waals surface area contributed by atoms with Crippen LogP contribution in [0.3, 0.4) is 0 Å². The molecule has 0 aliphatic carbocycles. The Labute approximate surface area is 159 Å². The van der Waals surface area contributed by atoms with Crippen LogP contribution in [-0.2, 0) is 9.59 Å². The van der Waals surface area contributed by atoms with Crippen LogP contribution in [-0.4, -0.2) is 41.1 Å². The lowest BCUT2D eigenvalue weighted by Crippen LogP contribution is -2.45. The molecule has 1 amide bonds. The highest BCUT2D eigenvalue weighted by atomic mass is 16.5. The molecule has 1 aliphatic heterocycles. The fourth-order valence-electron chi connectivity index (χ4n) is 3.47. The van der Waals surface area contributed by atoms with Gasteiger partial charge in [-0.1, -0.05) is 42.5 Å². The summed E-state index contributed by atoms with van der Waals surface area (Å²) in [6.45, 7) is 2.95. The first-order valence-corrected chi connectivity index (χ1v) is 9.35. The van der Waals surface area contributed by atoms with Crippen LogP contribution < -0.4 is 4.74 Å². The normalized spacial score (nSPS) is 16.0. The Morgan fingerprint density at radius 3 is 2.22 bits per heavy atom. The maximum absolute atomic E-state index is 12.6. The van der Waals surface area contributed by atoms with Gasteiger partial charge < -0.3 is 14.7 Å². The summed E-state index contributed by atoms with van der Waals surface area (Å²) in [5, 5.41) is 8.88. The fraction of sp³-hybridized carbons (Fsp3) is 0.364. The van der Waals surface area contributed by atoms with Crippen LogP contribution in [0.2, 0.25) is 0 Å². The second kappa shape index (κ2) is 8.71. The third-order valence-corrected chi connectivity index (χ3v) is 5.01. The average Bonchev–Trinajstić information content (AvgIpc) is 2.69. The van der Waals surface area contributed by atoms with E-state index in [0.29, 0.717) is 18.8 Å². The Kier molecular flexibility index (Phi) is 6.12. The second-order valence-corrected chi connectivity index (χ2v) is 7.02. The number of carbonyl (C=O) groups is 2. The minimum atomic E-state index is -0.768. The Bertz CT molecular complexity index is 765. The maximum Gasteiger partial charge on any atom is 0.303 e. The topological polar surface area (TPSA) is 66.8 Å². The number of nitrogens with zero attached hydrogens (tertiary/aromatic N) is 1. The molecule has 2 aromatic carbocycles. The lowest BCUT2D eigenvalue weighted by Gasteiger charge is -2.33. The van der Waals surface area contributed by atoms with Crippen LogP contribution in [0.1, 0.15) is 26.2 Å². The van der Waals surface area contributed by atoms with E-state index in [0.717, 1.165) is 24.0 Å². The molecule has 0 spiro atoms. The quantitative estimate of drug-likeness (QED) is 0.842. The predicted octanol–water partition coefficient (Wildman–Crippen LogP) is 3.83. The molecule has 0 aromatic heterocycles. The van der Waals surface area contributed by atoms with Gasteiger partial charge in [-0.2, -0.15) is 0 Å². The first kappa shape index (κ1) is 19.0. The fourth-order valence-corrected chi connectivity index (χ4v) is 3.47. The summed E-state index contributed by atoms with van der Waals surface area (Å²) in [7, 11) is 0. The van der Waals surface area contributed by atoms with Gasteiger partial charge in [0.1, 0.15) is 5.75 Å². The summed E-state index contributed by atoms with van der Waals surface area (Å²) in [5.74, 6) is 0.0101. The number of rotatable bonds is 6. The summed E-state index contributed by atoms with van der Waals surface area (Å²) in [6.07, 6.45) is 1.08. The van der Waals surface area contributed by atoms with Gasteiger partial charge in [-0.15, -0.1) is 0 Å². The Morgan fingerprint density at radius 1 is 1.04 bits per heavy atom. The summed E-state index contributed by atoms with van der Waals surface area (Å²) in [4.78, 5) is 25.2. The molecule has 27 heavy (non-hydrogen) atoms. The predicted molar refractivity (Wildman–Crippen MR) is 104 cm³/mol. The van der Waals surface area contributed by atoms with Gasteiger partial charge in [0.15, 0.2) is 6.10 Å². The van der Waals surface area contributed by atoms with E-state index >= 15 is 0 Å². The molecule has 1 atom stereocenters. The van der Waals surface area contributed by atoms with Gasteiger partial charge in [0.2, 0.25) is 0 Å². The number of carbonyl (C=O) groups excluding carboxylic acids is 1. The van der Waals surface area contributed by atoms with Crippen molar-refractivity contribution < 1.29 is 19.4 Å². The lowest BCUT2D eigenvalue weighted by molar-refractivity contribution is -0.140. The second-order valence-electron chi connectivity index (χ2n) is 7.02. The standard InChI is InChI=1S/C22H25NO4/c1-16(22(26)23-13-11-17(12-14-23)15-21(24)25)27-20-9-7-19(8-10-20)18-5-3-2-4-6-18/h2-10,16-17H,11-15H2,1H3,(H,24,25). The van der Waals surface area contributed by atoms with Crippen LogP contribution >= 0.6 is 0 Å². The molecule has 1 N–H and O–H groups in total. The van der Waals surface area contributed by atoms with Crippen LogP contribution in [0.5, 0.6) is 5.75 Å². The number of aliphatic carboxylic acids is 1. The summed E-state index contributed by atoms with van der Waals surface area (Å²) in [5.41, 5.74) is 2.24. The molecule has 1 saturated heterocycles. The van der Waals surface area contributed by atoms with Gasteiger partial charge in [0.05, 0.1) is 0 Å². The third kappa shape index (κ3) is 5.09. The van der Waals surface area contributed by atoms with Gasteiger partial charge in [0.25, 0.3) is 5.91 Å². The van der Waals surface area contributed by atoms with E-state index in [1.807, 2.05) is 42.5 Å². The molecule has 0 radical (unpaired) electrons. The number of amides is 1. The number of benzene rings is 2. The van der Waals surface area contributed by atoms with Crippen LogP contribution in [0, 0.1) is 5.92 Å². The zero-order valence-corrected chi connectivity index (χ0v) is 15.5. The molecule has 1 unspecified atom stereocenters. The highest BCUT2D eigenvalue weighted by Crippen LogP contribution is 2.24. The molecule has 2 aromatic rings. The molecule has 1 aliphatic rings. The van der Waals surface area contributed by atoms with Gasteiger partial charge >= 0.3 is 5.97 Å². The van der Waals surface area contributed by atoms with E-state index in [4.69, 9.17) is 9.84 Å². The Morgan fingerprint density at radius 2 is 1.63 bits per heavy atom. The van der Waals surface area contributed by atoms with Crippen molar-refractivity contribution in [1.82, 2.24) is 4.90 Å². The monoisotopic (exact) mass is 367 g/mol. The molecular weight excluding hydrogens is 342 g/mol. The summed E-state index contributed by atoms with van der Waals surface area (Å²) >= 11 is 0. The van der Waals surface area contributed by atoms with E-state index in [2.05, 4.69) is 12.1 Å². The molecule has 5 nitrogen and oxygen atoms in total. The van der Waals surface area contributed by atoms with E-state index in [9.17, 15) is 9.59 Å². The van der Waals surface area contributed by atoms with Crippen molar-refractivity contribution in [1.29, 1.82) is 0 Å². The minimum absolute atomic E-state index is 0.0455. The summed E-state index contributed by atoms with van der Waals surface area (Å²) in [6, 6.07) is 17.8. The number of likely N-dealkylation sites (tertiary alicyclic amines) is 1. The van der Waals surface area contributed by atoms with Crippen LogP contribution in [0.15, 0.2) is 54.6 Å². The van der Waals surface area contributed by atoms with Gasteiger partial charge in [-0.3, -0.25) is 9.59 Å². The maximum atomic E-state index is 12.6. The largest absolute Gasteiger partial charge is 0.481 e. The summed E-state index contributed by atoms with van der Waals surface area (Å²) < 4.78 is 5.83. The van der Waals surface area contributed by atoms with E-state index in [-0.39, 0.29) is 18.2 Å². The smallest absolute Gasteiger partial charge is 0.303 e. The van der Waals surface area contributed by atoms with Crippen molar-refractivity contribution in [3.63, 3.8) is 0 Å². The van der Waals surface area contributed by atoms with Crippen molar-refractivity contribution in [2.75, 3.05) is 13.1 Å². The molecule has 0 bridgehead atoms. The van der Waals surface area contributed by atoms with E-state index < -0.39 is 12.1 Å². The number of carboxylic acids is 1. The lowest BCUT2D eigenvalue weighted by atomic mass is 9.93. The van der Waals surface area contributed by atoms with Crippen molar-refractivity contribution in [3.8, 4) is 16.9 Å². The first-order chi connectivity index (χ1) is 13.0. The van der Waals surface area contributed by atoms with Crippen LogP contribution in [0.25, 0.3) is 11.1 Å². The molecule has 3 rings (SSSR count). The molecular formula is C22H25NO4. The van der Waals surface area contributed by atoms with Crippen LogP contribution in [0.4, 0.5) is 0 Å². The molecule has 1 fully saturated rings. The van der Waals surface area contributed by atoms with Crippen molar-refractivity contribution >= 4 is 11.9 Å². The number of carboxylic acid groups (broad SMARTS) is 1. The number of hydrogen-bond acceptors (Lipinski definition) is 3. The van der Waals surface area contributed by atoms with Crippen molar-refractivity contribution in [3.05, 3.63) is 54.6 Å². The molecule has 142 valence electrons. The van der Waals surface area contributed by atoms with Gasteiger partial charge in [-0.05, 0) is 48.9 Å².